The Labute approximate surface area is 106 Å². The van der Waals surface area contributed by atoms with Crippen molar-refractivity contribution in [3.63, 3.8) is 0 Å². The third-order valence-electron chi connectivity index (χ3n) is 3.79. The highest BCUT2D eigenvalue weighted by atomic mass is 32.2. The summed E-state index contributed by atoms with van der Waals surface area (Å²) in [7, 11) is 0. The van der Waals surface area contributed by atoms with Crippen molar-refractivity contribution in [1.29, 1.82) is 0 Å². The van der Waals surface area contributed by atoms with E-state index in [4.69, 9.17) is 4.42 Å². The Morgan fingerprint density at radius 1 is 1.35 bits per heavy atom. The Balaban J connectivity index is 1.81. The van der Waals surface area contributed by atoms with Crippen LogP contribution in [0.25, 0.3) is 0 Å². The van der Waals surface area contributed by atoms with Crippen molar-refractivity contribution in [3.8, 4) is 0 Å². The fraction of sp³-hybridized carbons (Fsp3) is 0.615. The highest BCUT2D eigenvalue weighted by Gasteiger charge is 2.46. The molecule has 2 aliphatic rings. The van der Waals surface area contributed by atoms with Gasteiger partial charge in [0.15, 0.2) is 0 Å². The summed E-state index contributed by atoms with van der Waals surface area (Å²) in [5.41, 5.74) is 0. The third-order valence-corrected chi connectivity index (χ3v) is 5.34. The number of carbonyl (C=O) groups is 1. The van der Waals surface area contributed by atoms with E-state index in [-0.39, 0.29) is 10.8 Å². The van der Waals surface area contributed by atoms with Crippen LogP contribution in [0.5, 0.6) is 0 Å². The van der Waals surface area contributed by atoms with Crippen molar-refractivity contribution < 1.29 is 9.21 Å². The standard InChI is InChI=1S/C13H17NO2S/c15-12-10-17-13(6-2-1-3-7-13)14(12)9-11-5-4-8-16-11/h4-5,8H,1-3,6-7,9-10H2. The number of nitrogens with zero attached hydrogens (tertiary/aromatic N) is 1. The second-order valence-electron chi connectivity index (χ2n) is 4.85. The van der Waals surface area contributed by atoms with Gasteiger partial charge >= 0.3 is 0 Å². The molecular weight excluding hydrogens is 234 g/mol. The van der Waals surface area contributed by atoms with Crippen LogP contribution >= 0.6 is 11.8 Å². The minimum absolute atomic E-state index is 0.0716. The maximum atomic E-state index is 12.0. The Bertz CT molecular complexity index is 396. The lowest BCUT2D eigenvalue weighted by Gasteiger charge is -2.40. The van der Waals surface area contributed by atoms with Gasteiger partial charge in [0.2, 0.25) is 5.91 Å². The first-order valence-electron chi connectivity index (χ1n) is 6.27. The number of furan rings is 1. The molecule has 1 saturated carbocycles. The van der Waals surface area contributed by atoms with E-state index in [2.05, 4.69) is 4.90 Å². The maximum Gasteiger partial charge on any atom is 0.234 e. The second-order valence-corrected chi connectivity index (χ2v) is 6.19. The Morgan fingerprint density at radius 2 is 2.18 bits per heavy atom. The van der Waals surface area contributed by atoms with Crippen molar-refractivity contribution in [2.24, 2.45) is 0 Å². The smallest absolute Gasteiger partial charge is 0.234 e. The molecule has 17 heavy (non-hydrogen) atoms. The molecule has 1 amide bonds. The van der Waals surface area contributed by atoms with Gasteiger partial charge in [0.05, 0.1) is 23.4 Å². The van der Waals surface area contributed by atoms with E-state index in [1.54, 1.807) is 6.26 Å². The number of amides is 1. The van der Waals surface area contributed by atoms with Crippen LogP contribution in [0.15, 0.2) is 22.8 Å². The molecule has 0 atom stereocenters. The van der Waals surface area contributed by atoms with Gasteiger partial charge in [0, 0.05) is 0 Å². The van der Waals surface area contributed by atoms with Crippen molar-refractivity contribution in [2.45, 2.75) is 43.5 Å². The maximum absolute atomic E-state index is 12.0. The molecule has 0 N–H and O–H groups in total. The summed E-state index contributed by atoms with van der Waals surface area (Å²) < 4.78 is 5.37. The average molecular weight is 251 g/mol. The molecule has 3 rings (SSSR count). The predicted octanol–water partition coefficient (Wildman–Crippen LogP) is 3.02. The average Bonchev–Trinajstić information content (AvgIpc) is 2.95. The molecule has 0 bridgehead atoms. The van der Waals surface area contributed by atoms with Crippen LogP contribution in [-0.4, -0.2) is 21.4 Å². The molecular formula is C13H17NO2S. The molecule has 3 nitrogen and oxygen atoms in total. The number of thioether (sulfide) groups is 1. The van der Waals surface area contributed by atoms with Crippen LogP contribution < -0.4 is 0 Å². The van der Waals surface area contributed by atoms with E-state index in [9.17, 15) is 4.79 Å². The van der Waals surface area contributed by atoms with Gasteiger partial charge in [-0.1, -0.05) is 19.3 Å². The van der Waals surface area contributed by atoms with Crippen LogP contribution in [0.2, 0.25) is 0 Å². The predicted molar refractivity (Wildman–Crippen MR) is 67.5 cm³/mol. The Kier molecular flexibility index (Phi) is 2.90. The van der Waals surface area contributed by atoms with Crippen LogP contribution in [0.4, 0.5) is 0 Å². The van der Waals surface area contributed by atoms with Gasteiger partial charge in [-0.05, 0) is 25.0 Å². The van der Waals surface area contributed by atoms with Gasteiger partial charge in [-0.25, -0.2) is 0 Å². The number of hydrogen-bond donors (Lipinski definition) is 0. The highest BCUT2D eigenvalue weighted by Crippen LogP contribution is 2.47. The number of carbonyl (C=O) groups excluding carboxylic acids is 1. The van der Waals surface area contributed by atoms with Crippen LogP contribution in [-0.2, 0) is 11.3 Å². The number of hydrogen-bond acceptors (Lipinski definition) is 3. The van der Waals surface area contributed by atoms with E-state index < -0.39 is 0 Å². The van der Waals surface area contributed by atoms with E-state index in [0.29, 0.717) is 12.3 Å². The first-order chi connectivity index (χ1) is 8.30. The van der Waals surface area contributed by atoms with Crippen molar-refractivity contribution in [2.75, 3.05) is 5.75 Å². The lowest BCUT2D eigenvalue weighted by atomic mass is 9.93. The molecule has 1 spiro atoms. The summed E-state index contributed by atoms with van der Waals surface area (Å²) in [6.07, 6.45) is 7.76. The summed E-state index contributed by atoms with van der Waals surface area (Å²) in [4.78, 5) is 14.2. The summed E-state index contributed by atoms with van der Waals surface area (Å²) in [5, 5.41) is 0. The summed E-state index contributed by atoms with van der Waals surface area (Å²) in [6.45, 7) is 0.638. The monoisotopic (exact) mass is 251 g/mol. The fourth-order valence-corrected chi connectivity index (χ4v) is 4.34. The topological polar surface area (TPSA) is 33.5 Å². The van der Waals surface area contributed by atoms with Crippen LogP contribution in [0, 0.1) is 0 Å². The van der Waals surface area contributed by atoms with E-state index in [0.717, 1.165) is 18.6 Å². The van der Waals surface area contributed by atoms with Gasteiger partial charge in [0.1, 0.15) is 5.76 Å². The molecule has 1 aromatic heterocycles. The van der Waals surface area contributed by atoms with Gasteiger partial charge in [-0.15, -0.1) is 11.8 Å². The fourth-order valence-electron chi connectivity index (χ4n) is 2.89. The molecule has 0 aromatic carbocycles. The molecule has 4 heteroatoms. The van der Waals surface area contributed by atoms with Gasteiger partial charge < -0.3 is 9.32 Å². The molecule has 0 radical (unpaired) electrons. The minimum Gasteiger partial charge on any atom is -0.467 e. The van der Waals surface area contributed by atoms with Gasteiger partial charge in [0.25, 0.3) is 0 Å². The molecule has 1 aliphatic carbocycles. The van der Waals surface area contributed by atoms with Crippen molar-refractivity contribution in [3.05, 3.63) is 24.2 Å². The Morgan fingerprint density at radius 3 is 2.88 bits per heavy atom. The SMILES string of the molecule is O=C1CSC2(CCCCC2)N1Cc1ccco1. The zero-order chi connectivity index (χ0) is 11.7. The second kappa shape index (κ2) is 4.41. The van der Waals surface area contributed by atoms with E-state index in [1.165, 1.54) is 19.3 Å². The normalized spacial score (nSPS) is 23.5. The quantitative estimate of drug-likeness (QED) is 0.810. The molecule has 1 aromatic rings. The lowest BCUT2D eigenvalue weighted by Crippen LogP contribution is -2.44. The number of rotatable bonds is 2. The van der Waals surface area contributed by atoms with Gasteiger partial charge in [-0.3, -0.25) is 4.79 Å². The zero-order valence-electron chi connectivity index (χ0n) is 9.85. The van der Waals surface area contributed by atoms with Crippen LogP contribution in [0.1, 0.15) is 37.9 Å². The summed E-state index contributed by atoms with van der Waals surface area (Å²) >= 11 is 1.84. The molecule has 2 fully saturated rings. The van der Waals surface area contributed by atoms with Crippen molar-refractivity contribution in [1.82, 2.24) is 4.90 Å². The third kappa shape index (κ3) is 1.99. The molecule has 1 aliphatic heterocycles. The highest BCUT2D eigenvalue weighted by molar-refractivity contribution is 8.01. The zero-order valence-corrected chi connectivity index (χ0v) is 10.7. The van der Waals surface area contributed by atoms with Crippen LogP contribution in [0.3, 0.4) is 0 Å². The first-order valence-corrected chi connectivity index (χ1v) is 7.26. The molecule has 1 saturated heterocycles. The molecule has 2 heterocycles. The molecule has 92 valence electrons. The summed E-state index contributed by atoms with van der Waals surface area (Å²) in [6, 6.07) is 3.84. The van der Waals surface area contributed by atoms with E-state index in [1.807, 2.05) is 23.9 Å². The van der Waals surface area contributed by atoms with Crippen molar-refractivity contribution >= 4 is 17.7 Å². The molecule has 0 unspecified atom stereocenters. The summed E-state index contributed by atoms with van der Waals surface area (Å²) in [5.74, 6) is 1.81. The van der Waals surface area contributed by atoms with E-state index >= 15 is 0 Å². The first kappa shape index (κ1) is 11.2. The Hall–Kier alpha value is -0.900. The largest absolute Gasteiger partial charge is 0.467 e. The van der Waals surface area contributed by atoms with Gasteiger partial charge in [-0.2, -0.15) is 0 Å². The minimum atomic E-state index is 0.0716. The lowest BCUT2D eigenvalue weighted by molar-refractivity contribution is -0.131.